The lowest BCUT2D eigenvalue weighted by Gasteiger charge is -2.19. The molecule has 3 rings (SSSR count). The largest absolute Gasteiger partial charge is 0.489 e. The van der Waals surface area contributed by atoms with E-state index >= 15 is 0 Å². The molecule has 1 aliphatic rings. The molecule has 7 heteroatoms. The van der Waals surface area contributed by atoms with Crippen molar-refractivity contribution in [3.8, 4) is 5.75 Å². The second-order valence-corrected chi connectivity index (χ2v) is 6.58. The Labute approximate surface area is 146 Å². The summed E-state index contributed by atoms with van der Waals surface area (Å²) >= 11 is 0. The molecule has 1 unspecified atom stereocenters. The molecule has 2 amide bonds. The number of aromatic nitrogens is 2. The highest BCUT2D eigenvalue weighted by Crippen LogP contribution is 2.29. The Morgan fingerprint density at radius 3 is 2.96 bits per heavy atom. The van der Waals surface area contributed by atoms with E-state index in [-0.39, 0.29) is 18.2 Å². The lowest BCUT2D eigenvalue weighted by Crippen LogP contribution is -2.49. The van der Waals surface area contributed by atoms with E-state index in [2.05, 4.69) is 29.4 Å². The molecule has 2 heterocycles. The number of hydrogen-bond donors (Lipinski definition) is 2. The molecule has 0 radical (unpaired) electrons. The highest BCUT2D eigenvalue weighted by atomic mass is 16.5. The third-order valence-corrected chi connectivity index (χ3v) is 4.06. The summed E-state index contributed by atoms with van der Waals surface area (Å²) in [6.45, 7) is 4.26. The van der Waals surface area contributed by atoms with Gasteiger partial charge in [-0.25, -0.2) is 0 Å². The standard InChI is InChI=1S/C18H22N4O3/c1-11(2)8-12-9-13(21-20-12)17(23)19-14-10-25-16-7-5-4-6-15(16)22(3)18(14)24/h4-7,9,11,14H,8,10H2,1-3H3,(H,19,23)(H,20,21). The zero-order chi connectivity index (χ0) is 18.0. The Bertz CT molecular complexity index is 784. The number of anilines is 1. The van der Waals surface area contributed by atoms with Crippen molar-refractivity contribution in [2.75, 3.05) is 18.6 Å². The number of rotatable bonds is 4. The van der Waals surface area contributed by atoms with Gasteiger partial charge < -0.3 is 15.0 Å². The number of nitrogens with zero attached hydrogens (tertiary/aromatic N) is 2. The highest BCUT2D eigenvalue weighted by molar-refractivity contribution is 6.02. The summed E-state index contributed by atoms with van der Waals surface area (Å²) in [4.78, 5) is 26.6. The summed E-state index contributed by atoms with van der Waals surface area (Å²) in [5, 5.41) is 9.62. The van der Waals surface area contributed by atoms with Gasteiger partial charge in [0.2, 0.25) is 0 Å². The molecule has 0 saturated heterocycles. The molecule has 0 fully saturated rings. The number of hydrogen-bond acceptors (Lipinski definition) is 4. The van der Waals surface area contributed by atoms with Gasteiger partial charge in [-0.2, -0.15) is 5.10 Å². The zero-order valence-corrected chi connectivity index (χ0v) is 14.6. The fourth-order valence-corrected chi connectivity index (χ4v) is 2.81. The Hall–Kier alpha value is -2.83. The van der Waals surface area contributed by atoms with Gasteiger partial charge in [-0.15, -0.1) is 0 Å². The van der Waals surface area contributed by atoms with Crippen LogP contribution in [0.5, 0.6) is 5.75 Å². The van der Waals surface area contributed by atoms with Gasteiger partial charge in [0, 0.05) is 12.7 Å². The first-order valence-electron chi connectivity index (χ1n) is 8.30. The monoisotopic (exact) mass is 342 g/mol. The lowest BCUT2D eigenvalue weighted by molar-refractivity contribution is -0.120. The third kappa shape index (κ3) is 3.65. The Kier molecular flexibility index (Phi) is 4.74. The Morgan fingerprint density at radius 1 is 1.44 bits per heavy atom. The number of carbonyl (C=O) groups is 2. The maximum absolute atomic E-state index is 12.6. The Balaban J connectivity index is 1.71. The molecule has 1 aromatic carbocycles. The molecule has 0 spiro atoms. The van der Waals surface area contributed by atoms with E-state index in [0.717, 1.165) is 12.1 Å². The molecule has 1 atom stereocenters. The second-order valence-electron chi connectivity index (χ2n) is 6.58. The number of carbonyl (C=O) groups excluding carboxylic acids is 2. The summed E-state index contributed by atoms with van der Waals surface area (Å²) in [6, 6.07) is 8.24. The van der Waals surface area contributed by atoms with Crippen LogP contribution in [0, 0.1) is 5.92 Å². The van der Waals surface area contributed by atoms with E-state index in [4.69, 9.17) is 4.74 Å². The fourth-order valence-electron chi connectivity index (χ4n) is 2.81. The van der Waals surface area contributed by atoms with Crippen molar-refractivity contribution in [2.24, 2.45) is 5.92 Å². The van der Waals surface area contributed by atoms with Crippen LogP contribution in [0.1, 0.15) is 30.0 Å². The van der Waals surface area contributed by atoms with Gasteiger partial charge in [0.25, 0.3) is 11.8 Å². The topological polar surface area (TPSA) is 87.3 Å². The molecule has 2 aromatic rings. The number of aromatic amines is 1. The van der Waals surface area contributed by atoms with Crippen LogP contribution >= 0.6 is 0 Å². The van der Waals surface area contributed by atoms with Crippen molar-refractivity contribution in [1.29, 1.82) is 0 Å². The Morgan fingerprint density at radius 2 is 2.20 bits per heavy atom. The SMILES string of the molecule is CC(C)Cc1cc(C(=O)NC2COc3ccccc3N(C)C2=O)n[nH]1. The number of benzene rings is 1. The molecule has 2 N–H and O–H groups in total. The summed E-state index contributed by atoms with van der Waals surface area (Å²) in [6.07, 6.45) is 0.809. The van der Waals surface area contributed by atoms with Crippen LogP contribution in [0.4, 0.5) is 5.69 Å². The number of fused-ring (bicyclic) bond motifs is 1. The minimum Gasteiger partial charge on any atom is -0.489 e. The van der Waals surface area contributed by atoms with E-state index in [1.807, 2.05) is 18.2 Å². The minimum atomic E-state index is -0.768. The average molecular weight is 342 g/mol. The number of likely N-dealkylation sites (N-methyl/N-ethyl adjacent to an activating group) is 1. The van der Waals surface area contributed by atoms with Crippen molar-refractivity contribution < 1.29 is 14.3 Å². The van der Waals surface area contributed by atoms with Crippen LogP contribution in [0.15, 0.2) is 30.3 Å². The highest BCUT2D eigenvalue weighted by Gasteiger charge is 2.31. The zero-order valence-electron chi connectivity index (χ0n) is 14.6. The van der Waals surface area contributed by atoms with E-state index < -0.39 is 11.9 Å². The van der Waals surface area contributed by atoms with Gasteiger partial charge in [-0.05, 0) is 30.5 Å². The van der Waals surface area contributed by atoms with E-state index in [1.54, 1.807) is 19.2 Å². The number of ether oxygens (including phenoxy) is 1. The number of nitrogens with one attached hydrogen (secondary N) is 2. The summed E-state index contributed by atoms with van der Waals surface area (Å²) < 4.78 is 5.69. The smallest absolute Gasteiger partial charge is 0.272 e. The van der Waals surface area contributed by atoms with Crippen LogP contribution in [-0.4, -0.2) is 41.7 Å². The molecule has 132 valence electrons. The van der Waals surface area contributed by atoms with Gasteiger partial charge in [-0.1, -0.05) is 26.0 Å². The van der Waals surface area contributed by atoms with Crippen molar-refractivity contribution in [2.45, 2.75) is 26.3 Å². The average Bonchev–Trinajstić information content (AvgIpc) is 3.01. The van der Waals surface area contributed by atoms with Gasteiger partial charge in [0.05, 0.1) is 5.69 Å². The van der Waals surface area contributed by atoms with Crippen molar-refractivity contribution in [3.05, 3.63) is 41.7 Å². The number of para-hydroxylation sites is 2. The van der Waals surface area contributed by atoms with Crippen LogP contribution in [-0.2, 0) is 11.2 Å². The lowest BCUT2D eigenvalue weighted by atomic mass is 10.1. The van der Waals surface area contributed by atoms with Crippen LogP contribution in [0.2, 0.25) is 0 Å². The molecule has 0 saturated carbocycles. The van der Waals surface area contributed by atoms with Gasteiger partial charge in [-0.3, -0.25) is 14.7 Å². The molecule has 1 aromatic heterocycles. The number of H-pyrrole nitrogens is 1. The van der Waals surface area contributed by atoms with E-state index in [9.17, 15) is 9.59 Å². The van der Waals surface area contributed by atoms with Crippen LogP contribution in [0.3, 0.4) is 0 Å². The van der Waals surface area contributed by atoms with Crippen molar-refractivity contribution in [1.82, 2.24) is 15.5 Å². The van der Waals surface area contributed by atoms with Gasteiger partial charge in [0.1, 0.15) is 24.1 Å². The minimum absolute atomic E-state index is 0.0786. The first-order valence-corrected chi connectivity index (χ1v) is 8.30. The van der Waals surface area contributed by atoms with E-state index in [1.165, 1.54) is 4.90 Å². The van der Waals surface area contributed by atoms with Gasteiger partial charge in [0.15, 0.2) is 0 Å². The maximum atomic E-state index is 12.6. The predicted molar refractivity (Wildman–Crippen MR) is 93.7 cm³/mol. The van der Waals surface area contributed by atoms with Crippen molar-refractivity contribution >= 4 is 17.5 Å². The molecular formula is C18H22N4O3. The fraction of sp³-hybridized carbons (Fsp3) is 0.389. The van der Waals surface area contributed by atoms with Crippen molar-refractivity contribution in [3.63, 3.8) is 0 Å². The summed E-state index contributed by atoms with van der Waals surface area (Å²) in [5.74, 6) is 0.457. The quantitative estimate of drug-likeness (QED) is 0.886. The summed E-state index contributed by atoms with van der Waals surface area (Å²) in [5.41, 5.74) is 1.85. The molecule has 25 heavy (non-hydrogen) atoms. The first kappa shape index (κ1) is 17.0. The van der Waals surface area contributed by atoms with Crippen LogP contribution < -0.4 is 15.0 Å². The third-order valence-electron chi connectivity index (χ3n) is 4.06. The molecular weight excluding hydrogens is 320 g/mol. The number of amides is 2. The summed E-state index contributed by atoms with van der Waals surface area (Å²) in [7, 11) is 1.67. The van der Waals surface area contributed by atoms with Gasteiger partial charge >= 0.3 is 0 Å². The second kappa shape index (κ2) is 6.96. The molecule has 7 nitrogen and oxygen atoms in total. The van der Waals surface area contributed by atoms with E-state index in [0.29, 0.717) is 17.4 Å². The molecule has 0 aliphatic carbocycles. The predicted octanol–water partition coefficient (Wildman–Crippen LogP) is 1.76. The molecule has 0 bridgehead atoms. The van der Waals surface area contributed by atoms with Crippen LogP contribution in [0.25, 0.3) is 0 Å². The molecule has 1 aliphatic heterocycles. The first-order chi connectivity index (χ1) is 12.0. The normalized spacial score (nSPS) is 17.0. The maximum Gasteiger partial charge on any atom is 0.272 e.